The van der Waals surface area contributed by atoms with Crippen molar-refractivity contribution in [2.45, 2.75) is 0 Å². The van der Waals surface area contributed by atoms with Gasteiger partial charge in [-0.3, -0.25) is 0 Å². The molecule has 0 atom stereocenters. The molecular weight excluding hydrogens is 496 g/mol. The molecule has 0 aliphatic heterocycles. The van der Waals surface area contributed by atoms with E-state index in [1.807, 2.05) is 0 Å². The van der Waals surface area contributed by atoms with E-state index in [1.54, 1.807) is 0 Å². The van der Waals surface area contributed by atoms with Crippen LogP contribution in [0.4, 0.5) is 0 Å². The Morgan fingerprint density at radius 1 is 0.514 bits per heavy atom. The maximum atomic E-state index is 12.5. The van der Waals surface area contributed by atoms with Crippen molar-refractivity contribution in [3.63, 3.8) is 0 Å². The van der Waals surface area contributed by atoms with Crippen LogP contribution in [0.25, 0.3) is 0 Å². The number of hydrogen-bond acceptors (Lipinski definition) is 9. The van der Waals surface area contributed by atoms with E-state index in [9.17, 15) is 39.0 Å². The molecular formula is C24H14O13. The number of carboxylic acids is 4. The smallest absolute Gasteiger partial charge is 0.347 e. The van der Waals surface area contributed by atoms with Gasteiger partial charge in [-0.2, -0.15) is 0 Å². The van der Waals surface area contributed by atoms with Gasteiger partial charge in [-0.05, 0) is 54.6 Å². The van der Waals surface area contributed by atoms with Crippen molar-refractivity contribution < 1.29 is 63.8 Å². The van der Waals surface area contributed by atoms with Crippen molar-refractivity contribution in [2.75, 3.05) is 0 Å². The van der Waals surface area contributed by atoms with E-state index in [4.69, 9.17) is 24.8 Å². The van der Waals surface area contributed by atoms with Crippen LogP contribution in [0.1, 0.15) is 62.1 Å². The fraction of sp³-hybridized carbons (Fsp3) is 0. The van der Waals surface area contributed by atoms with Gasteiger partial charge in [0.05, 0.1) is 22.3 Å². The van der Waals surface area contributed by atoms with Crippen LogP contribution in [0.3, 0.4) is 0 Å². The normalized spacial score (nSPS) is 10.3. The van der Waals surface area contributed by atoms with Crippen molar-refractivity contribution in [1.29, 1.82) is 0 Å². The van der Waals surface area contributed by atoms with Crippen LogP contribution < -0.4 is 9.47 Å². The molecule has 0 unspecified atom stereocenters. The first kappa shape index (κ1) is 25.9. The summed E-state index contributed by atoms with van der Waals surface area (Å²) in [6.45, 7) is 0. The monoisotopic (exact) mass is 510 g/mol. The molecule has 13 nitrogen and oxygen atoms in total. The van der Waals surface area contributed by atoms with Crippen LogP contribution in [0.5, 0.6) is 17.2 Å². The number of aromatic hydroxyl groups is 1. The molecule has 3 rings (SSSR count). The second-order valence-electron chi connectivity index (χ2n) is 7.19. The average molecular weight is 510 g/mol. The minimum Gasteiger partial charge on any atom is -0.507 e. The lowest BCUT2D eigenvalue weighted by atomic mass is 10.1. The Bertz CT molecular complexity index is 1450. The number of phenols is 1. The molecule has 0 radical (unpaired) electrons. The Kier molecular flexibility index (Phi) is 7.19. The van der Waals surface area contributed by atoms with Gasteiger partial charge in [0.25, 0.3) is 0 Å². The summed E-state index contributed by atoms with van der Waals surface area (Å²) < 4.78 is 10.0. The van der Waals surface area contributed by atoms with Crippen LogP contribution in [0.2, 0.25) is 0 Å². The topological polar surface area (TPSA) is 222 Å². The van der Waals surface area contributed by atoms with Gasteiger partial charge in [0.1, 0.15) is 28.4 Å². The molecule has 37 heavy (non-hydrogen) atoms. The van der Waals surface area contributed by atoms with E-state index in [1.165, 1.54) is 0 Å². The quantitative estimate of drug-likeness (QED) is 0.217. The van der Waals surface area contributed by atoms with Crippen LogP contribution in [0.15, 0.2) is 54.6 Å². The number of rotatable bonds is 8. The Morgan fingerprint density at radius 3 is 1.59 bits per heavy atom. The highest BCUT2D eigenvalue weighted by Crippen LogP contribution is 2.26. The maximum absolute atomic E-state index is 12.5. The molecule has 3 aromatic rings. The number of aromatic carboxylic acids is 4. The number of carboxylic acid groups (broad SMARTS) is 4. The van der Waals surface area contributed by atoms with Gasteiger partial charge < -0.3 is 35.0 Å². The number of ether oxygens (including phenoxy) is 2. The van der Waals surface area contributed by atoms with Gasteiger partial charge in [0.15, 0.2) is 0 Å². The molecule has 0 saturated carbocycles. The maximum Gasteiger partial charge on any atom is 0.347 e. The zero-order valence-electron chi connectivity index (χ0n) is 18.2. The van der Waals surface area contributed by atoms with Crippen LogP contribution in [-0.4, -0.2) is 61.3 Å². The predicted molar refractivity (Wildman–Crippen MR) is 119 cm³/mol. The fourth-order valence-corrected chi connectivity index (χ4v) is 2.98. The number of carbonyl (C=O) groups is 6. The van der Waals surface area contributed by atoms with Crippen LogP contribution in [-0.2, 0) is 0 Å². The summed E-state index contributed by atoms with van der Waals surface area (Å²) in [5, 5.41) is 46.6. The highest BCUT2D eigenvalue weighted by molar-refractivity contribution is 6.01. The van der Waals surface area contributed by atoms with Crippen LogP contribution >= 0.6 is 0 Å². The minimum absolute atomic E-state index is 0.312. The first-order valence-corrected chi connectivity index (χ1v) is 9.87. The molecule has 0 bridgehead atoms. The third-order valence-corrected chi connectivity index (χ3v) is 4.72. The molecule has 0 saturated heterocycles. The van der Waals surface area contributed by atoms with Crippen molar-refractivity contribution >= 4 is 35.8 Å². The molecule has 0 spiro atoms. The Morgan fingerprint density at radius 2 is 1.08 bits per heavy atom. The lowest BCUT2D eigenvalue weighted by Crippen LogP contribution is -2.15. The van der Waals surface area contributed by atoms with E-state index in [0.29, 0.717) is 0 Å². The number of esters is 2. The third kappa shape index (κ3) is 5.86. The van der Waals surface area contributed by atoms with Gasteiger partial charge in [0.2, 0.25) is 0 Å². The first-order chi connectivity index (χ1) is 17.4. The van der Waals surface area contributed by atoms with Gasteiger partial charge in [0, 0.05) is 0 Å². The fourth-order valence-electron chi connectivity index (χ4n) is 2.98. The SMILES string of the molecule is O=C(O)c1cc(OC(=O)c2ccc(OC(=O)c3ccc(C(=O)O)cc3O)c(C(=O)O)c2)cc(C(=O)O)c1. The van der Waals surface area contributed by atoms with Gasteiger partial charge in [-0.1, -0.05) is 0 Å². The van der Waals surface area contributed by atoms with E-state index < -0.39 is 75.3 Å². The van der Waals surface area contributed by atoms with E-state index in [2.05, 4.69) is 0 Å². The van der Waals surface area contributed by atoms with Crippen molar-refractivity contribution in [1.82, 2.24) is 0 Å². The Labute approximate surface area is 205 Å². The van der Waals surface area contributed by atoms with Gasteiger partial charge >= 0.3 is 35.8 Å². The summed E-state index contributed by atoms with van der Waals surface area (Å²) in [4.78, 5) is 70.1. The molecule has 0 amide bonds. The highest BCUT2D eigenvalue weighted by atomic mass is 16.5. The molecule has 188 valence electrons. The third-order valence-electron chi connectivity index (χ3n) is 4.72. The summed E-state index contributed by atoms with van der Waals surface area (Å²) in [5.74, 6) is -10.0. The molecule has 13 heteroatoms. The summed E-state index contributed by atoms with van der Waals surface area (Å²) in [6, 6.07) is 8.16. The minimum atomic E-state index is -1.62. The van der Waals surface area contributed by atoms with Crippen molar-refractivity contribution in [3.8, 4) is 17.2 Å². The predicted octanol–water partition coefficient (Wildman–Crippen LogP) is 2.62. The van der Waals surface area contributed by atoms with E-state index in [0.717, 1.165) is 54.6 Å². The molecule has 0 aliphatic rings. The second-order valence-corrected chi connectivity index (χ2v) is 7.19. The van der Waals surface area contributed by atoms with E-state index in [-0.39, 0.29) is 11.1 Å². The Hall–Kier alpha value is -5.72. The standard InChI is InChI=1S/C24H14O13/c25-17-9-10(19(26)27)1-3-15(17)24(35)37-18-4-2-11(8-16(18)22(32)33)23(34)36-14-6-12(20(28)29)5-13(7-14)21(30)31/h1-9,25H,(H,26,27)(H,28,29)(H,30,31)(H,32,33). The zero-order valence-corrected chi connectivity index (χ0v) is 18.2. The number of carbonyl (C=O) groups excluding carboxylic acids is 2. The molecule has 0 heterocycles. The van der Waals surface area contributed by atoms with Crippen molar-refractivity contribution in [3.05, 3.63) is 88.0 Å². The summed E-state index contributed by atoms with van der Waals surface area (Å²) in [5.41, 5.74) is -2.77. The molecule has 0 aliphatic carbocycles. The second kappa shape index (κ2) is 10.3. The highest BCUT2D eigenvalue weighted by Gasteiger charge is 2.22. The van der Waals surface area contributed by atoms with Crippen molar-refractivity contribution in [2.24, 2.45) is 0 Å². The average Bonchev–Trinajstić information content (AvgIpc) is 2.83. The molecule has 5 N–H and O–H groups in total. The van der Waals surface area contributed by atoms with E-state index >= 15 is 0 Å². The van der Waals surface area contributed by atoms with Gasteiger partial charge in [-0.25, -0.2) is 28.8 Å². The largest absolute Gasteiger partial charge is 0.507 e. The number of benzene rings is 3. The molecule has 0 aromatic heterocycles. The van der Waals surface area contributed by atoms with Crippen LogP contribution in [0, 0.1) is 0 Å². The zero-order chi connectivity index (χ0) is 27.4. The summed E-state index contributed by atoms with van der Waals surface area (Å²) in [6.07, 6.45) is 0. The number of hydrogen-bond donors (Lipinski definition) is 5. The molecule has 3 aromatic carbocycles. The first-order valence-electron chi connectivity index (χ1n) is 9.87. The lowest BCUT2D eigenvalue weighted by molar-refractivity contribution is 0.0662. The number of phenolic OH excluding ortho intramolecular Hbond substituents is 1. The van der Waals surface area contributed by atoms with Gasteiger partial charge in [-0.15, -0.1) is 0 Å². The Balaban J connectivity index is 1.88. The molecule has 0 fully saturated rings. The summed E-state index contributed by atoms with van der Waals surface area (Å²) >= 11 is 0. The summed E-state index contributed by atoms with van der Waals surface area (Å²) in [7, 11) is 0. The lowest BCUT2D eigenvalue weighted by Gasteiger charge is -2.11.